The summed E-state index contributed by atoms with van der Waals surface area (Å²) in [6.45, 7) is 10.3. The Morgan fingerprint density at radius 1 is 1.29 bits per heavy atom. The highest BCUT2D eigenvalue weighted by Gasteiger charge is 2.20. The molecule has 0 atom stereocenters. The molecule has 0 aliphatic heterocycles. The van der Waals surface area contributed by atoms with Gasteiger partial charge in [-0.05, 0) is 90.2 Å². The highest BCUT2D eigenvalue weighted by atomic mass is 79.9. The van der Waals surface area contributed by atoms with Crippen molar-refractivity contribution >= 4 is 38.0 Å². The van der Waals surface area contributed by atoms with Gasteiger partial charge in [-0.1, -0.05) is 0 Å². The molecule has 2 N–H and O–H groups in total. The monoisotopic (exact) mass is 464 g/mol. The topological polar surface area (TPSA) is 61.8 Å². The number of ether oxygens (including phenoxy) is 1. The minimum absolute atomic E-state index is 0.203. The summed E-state index contributed by atoms with van der Waals surface area (Å²) in [5, 5.41) is 13.0. The Labute approximate surface area is 161 Å². The van der Waals surface area contributed by atoms with Crippen molar-refractivity contribution in [1.29, 1.82) is 0 Å². The zero-order valence-corrected chi connectivity index (χ0v) is 17.8. The zero-order valence-electron chi connectivity index (χ0n) is 14.7. The van der Waals surface area contributed by atoms with E-state index in [1.807, 2.05) is 39.8 Å². The van der Waals surface area contributed by atoms with E-state index in [0.29, 0.717) is 28.6 Å². The Morgan fingerprint density at radius 3 is 2.38 bits per heavy atom. The van der Waals surface area contributed by atoms with Crippen LogP contribution < -0.4 is 5.32 Å². The highest BCUT2D eigenvalue weighted by Crippen LogP contribution is 2.33. The third-order valence-corrected chi connectivity index (χ3v) is 4.43. The van der Waals surface area contributed by atoms with Crippen molar-refractivity contribution < 1.29 is 14.6 Å². The predicted octanol–water partition coefficient (Wildman–Crippen LogP) is 4.65. The summed E-state index contributed by atoms with van der Waals surface area (Å²) in [7, 11) is 0. The lowest BCUT2D eigenvalue weighted by Crippen LogP contribution is -2.38. The van der Waals surface area contributed by atoms with Gasteiger partial charge >= 0.3 is 6.09 Å². The van der Waals surface area contributed by atoms with Gasteiger partial charge in [0.05, 0.1) is 8.95 Å². The van der Waals surface area contributed by atoms with Crippen LogP contribution >= 0.6 is 31.9 Å². The number of nitrogens with zero attached hydrogens (tertiary/aromatic N) is 1. The van der Waals surface area contributed by atoms with Crippen molar-refractivity contribution in [1.82, 2.24) is 10.2 Å². The SMILES string of the molecule is CCN(CCCNCc1cc(Br)c(O)c(Br)c1)C(=O)OC(C)(C)C. The largest absolute Gasteiger partial charge is 0.506 e. The molecule has 24 heavy (non-hydrogen) atoms. The summed E-state index contributed by atoms with van der Waals surface area (Å²) in [6.07, 6.45) is 0.574. The summed E-state index contributed by atoms with van der Waals surface area (Å²) in [5.41, 5.74) is 0.591. The van der Waals surface area contributed by atoms with Crippen LogP contribution in [0.5, 0.6) is 5.75 Å². The molecule has 1 aromatic rings. The molecule has 0 heterocycles. The van der Waals surface area contributed by atoms with E-state index in [-0.39, 0.29) is 11.8 Å². The number of amides is 1. The first-order chi connectivity index (χ1) is 11.1. The molecule has 0 unspecified atom stereocenters. The summed E-state index contributed by atoms with van der Waals surface area (Å²) < 4.78 is 6.71. The maximum absolute atomic E-state index is 12.0. The van der Waals surface area contributed by atoms with Gasteiger partial charge in [-0.2, -0.15) is 0 Å². The summed E-state index contributed by atoms with van der Waals surface area (Å²) in [5.74, 6) is 0.203. The Bertz CT molecular complexity index is 536. The lowest BCUT2D eigenvalue weighted by molar-refractivity contribution is 0.0258. The Kier molecular flexibility index (Phi) is 8.53. The van der Waals surface area contributed by atoms with Crippen LogP contribution in [0.25, 0.3) is 0 Å². The maximum atomic E-state index is 12.0. The van der Waals surface area contributed by atoms with Crippen molar-refractivity contribution in [3.63, 3.8) is 0 Å². The number of halogens is 2. The predicted molar refractivity (Wildman–Crippen MR) is 103 cm³/mol. The number of rotatable bonds is 7. The fraction of sp³-hybridized carbons (Fsp3) is 0.588. The lowest BCUT2D eigenvalue weighted by Gasteiger charge is -2.26. The Morgan fingerprint density at radius 2 is 1.88 bits per heavy atom. The number of benzene rings is 1. The summed E-state index contributed by atoms with van der Waals surface area (Å²) in [4.78, 5) is 13.7. The van der Waals surface area contributed by atoms with E-state index >= 15 is 0 Å². The molecule has 5 nitrogen and oxygen atoms in total. The zero-order chi connectivity index (χ0) is 18.3. The number of nitrogens with one attached hydrogen (secondary N) is 1. The lowest BCUT2D eigenvalue weighted by atomic mass is 10.2. The second-order valence-electron chi connectivity index (χ2n) is 6.50. The number of hydrogen-bond donors (Lipinski definition) is 2. The van der Waals surface area contributed by atoms with Gasteiger partial charge in [-0.3, -0.25) is 0 Å². The number of phenols is 1. The summed E-state index contributed by atoms with van der Waals surface area (Å²) >= 11 is 6.64. The van der Waals surface area contributed by atoms with Crippen LogP contribution in [0.3, 0.4) is 0 Å². The molecule has 0 saturated heterocycles. The average Bonchev–Trinajstić information content (AvgIpc) is 2.46. The molecule has 0 saturated carbocycles. The van der Waals surface area contributed by atoms with Gasteiger partial charge in [0.15, 0.2) is 0 Å². The third kappa shape index (κ3) is 7.40. The van der Waals surface area contributed by atoms with Gasteiger partial charge in [0.2, 0.25) is 0 Å². The van der Waals surface area contributed by atoms with Crippen molar-refractivity contribution in [3.05, 3.63) is 26.6 Å². The van der Waals surface area contributed by atoms with Crippen LogP contribution in [-0.4, -0.2) is 41.3 Å². The average molecular weight is 466 g/mol. The van der Waals surface area contributed by atoms with Gasteiger partial charge in [0.1, 0.15) is 11.4 Å². The van der Waals surface area contributed by atoms with Crippen molar-refractivity contribution in [2.75, 3.05) is 19.6 Å². The number of carbonyl (C=O) groups is 1. The van der Waals surface area contributed by atoms with Crippen LogP contribution in [0.1, 0.15) is 39.7 Å². The molecule has 1 amide bonds. The molecule has 136 valence electrons. The van der Waals surface area contributed by atoms with Gasteiger partial charge < -0.3 is 20.1 Å². The fourth-order valence-electron chi connectivity index (χ4n) is 2.05. The van der Waals surface area contributed by atoms with Crippen molar-refractivity contribution in [3.8, 4) is 5.75 Å². The van der Waals surface area contributed by atoms with Gasteiger partial charge in [0.25, 0.3) is 0 Å². The van der Waals surface area contributed by atoms with E-state index in [4.69, 9.17) is 4.74 Å². The van der Waals surface area contributed by atoms with E-state index in [1.54, 1.807) is 4.90 Å². The first-order valence-electron chi connectivity index (χ1n) is 7.99. The van der Waals surface area contributed by atoms with Crippen LogP contribution in [0, 0.1) is 0 Å². The maximum Gasteiger partial charge on any atom is 0.410 e. The van der Waals surface area contributed by atoms with Crippen LogP contribution in [-0.2, 0) is 11.3 Å². The molecule has 0 aliphatic carbocycles. The summed E-state index contributed by atoms with van der Waals surface area (Å²) in [6, 6.07) is 3.76. The Balaban J connectivity index is 2.36. The second-order valence-corrected chi connectivity index (χ2v) is 8.21. The fourth-order valence-corrected chi connectivity index (χ4v) is 3.33. The minimum Gasteiger partial charge on any atom is -0.506 e. The molecule has 0 aromatic heterocycles. The normalized spacial score (nSPS) is 11.4. The number of carbonyl (C=O) groups excluding carboxylic acids is 1. The van der Waals surface area contributed by atoms with E-state index < -0.39 is 5.60 Å². The first kappa shape index (κ1) is 21.3. The minimum atomic E-state index is -0.470. The molecule has 1 rings (SSSR count). The van der Waals surface area contributed by atoms with E-state index in [1.165, 1.54) is 0 Å². The van der Waals surface area contributed by atoms with Crippen molar-refractivity contribution in [2.45, 2.75) is 46.3 Å². The molecule has 1 aromatic carbocycles. The molecule has 0 spiro atoms. The van der Waals surface area contributed by atoms with E-state index in [9.17, 15) is 9.90 Å². The van der Waals surface area contributed by atoms with Gasteiger partial charge in [-0.25, -0.2) is 4.79 Å². The van der Waals surface area contributed by atoms with Crippen LogP contribution in [0.4, 0.5) is 4.79 Å². The van der Waals surface area contributed by atoms with Gasteiger partial charge in [-0.15, -0.1) is 0 Å². The molecule has 0 fully saturated rings. The quantitative estimate of drug-likeness (QED) is 0.575. The number of hydrogen-bond acceptors (Lipinski definition) is 4. The smallest absolute Gasteiger partial charge is 0.410 e. The first-order valence-corrected chi connectivity index (χ1v) is 9.58. The Hall–Kier alpha value is -0.790. The molecule has 7 heteroatoms. The molecular formula is C17H26Br2N2O3. The number of phenolic OH excluding ortho intramolecular Hbond substituents is 1. The highest BCUT2D eigenvalue weighted by molar-refractivity contribution is 9.11. The third-order valence-electron chi connectivity index (χ3n) is 3.22. The van der Waals surface area contributed by atoms with E-state index in [2.05, 4.69) is 37.2 Å². The number of aromatic hydroxyl groups is 1. The standard InChI is InChI=1S/C17H26Br2N2O3/c1-5-21(16(23)24-17(2,3)4)8-6-7-20-11-12-9-13(18)15(22)14(19)10-12/h9-10,20,22H,5-8,11H2,1-4H3. The molecule has 0 radical (unpaired) electrons. The molecule has 0 aliphatic rings. The molecule has 0 bridgehead atoms. The second kappa shape index (κ2) is 9.63. The van der Waals surface area contributed by atoms with Gasteiger partial charge in [0, 0.05) is 19.6 Å². The van der Waals surface area contributed by atoms with E-state index in [0.717, 1.165) is 18.5 Å². The molecular weight excluding hydrogens is 440 g/mol. The van der Waals surface area contributed by atoms with Crippen molar-refractivity contribution in [2.24, 2.45) is 0 Å². The van der Waals surface area contributed by atoms with Crippen LogP contribution in [0.15, 0.2) is 21.1 Å². The van der Waals surface area contributed by atoms with Crippen LogP contribution in [0.2, 0.25) is 0 Å².